The van der Waals surface area contributed by atoms with Gasteiger partial charge in [-0.2, -0.15) is 0 Å². The van der Waals surface area contributed by atoms with Crippen molar-refractivity contribution in [2.24, 2.45) is 11.8 Å². The Labute approximate surface area is 162 Å². The van der Waals surface area contributed by atoms with Crippen molar-refractivity contribution in [3.05, 3.63) is 35.9 Å². The minimum atomic E-state index is -0.0648. The van der Waals surface area contributed by atoms with Crippen LogP contribution < -0.4 is 10.6 Å². The van der Waals surface area contributed by atoms with Crippen molar-refractivity contribution < 1.29 is 9.59 Å². The first-order valence-electron chi connectivity index (χ1n) is 9.52. The fourth-order valence-electron chi connectivity index (χ4n) is 3.79. The predicted octanol–water partition coefficient (Wildman–Crippen LogP) is 2.01. The zero-order valence-electron chi connectivity index (χ0n) is 15.3. The molecule has 0 spiro atoms. The third-order valence-corrected chi connectivity index (χ3v) is 5.31. The van der Waals surface area contributed by atoms with E-state index in [0.717, 1.165) is 44.6 Å². The van der Waals surface area contributed by atoms with Gasteiger partial charge < -0.3 is 15.5 Å². The van der Waals surface area contributed by atoms with E-state index in [4.69, 9.17) is 0 Å². The Hall–Kier alpha value is -1.59. The molecule has 0 bridgehead atoms. The van der Waals surface area contributed by atoms with Crippen LogP contribution in [-0.4, -0.2) is 49.4 Å². The maximum Gasteiger partial charge on any atom is 0.227 e. The third-order valence-electron chi connectivity index (χ3n) is 5.31. The molecule has 2 unspecified atom stereocenters. The van der Waals surface area contributed by atoms with Gasteiger partial charge in [-0.3, -0.25) is 9.59 Å². The zero-order valence-corrected chi connectivity index (χ0v) is 16.1. The first-order chi connectivity index (χ1) is 12.2. The number of halogens is 1. The summed E-state index contributed by atoms with van der Waals surface area (Å²) < 4.78 is 0. The SMILES string of the molecule is Cl.O=C(NCC1CCCNC1)C1CCCN(C(=O)Cc2ccccc2)C1. The highest BCUT2D eigenvalue weighted by Crippen LogP contribution is 2.18. The summed E-state index contributed by atoms with van der Waals surface area (Å²) in [4.78, 5) is 26.9. The highest BCUT2D eigenvalue weighted by Gasteiger charge is 2.28. The molecule has 0 saturated carbocycles. The Morgan fingerprint density at radius 3 is 2.69 bits per heavy atom. The van der Waals surface area contributed by atoms with E-state index in [9.17, 15) is 9.59 Å². The Bertz CT molecular complexity index is 576. The second-order valence-corrected chi connectivity index (χ2v) is 7.30. The van der Waals surface area contributed by atoms with Gasteiger partial charge in [0.05, 0.1) is 12.3 Å². The molecule has 0 radical (unpaired) electrons. The van der Waals surface area contributed by atoms with E-state index < -0.39 is 0 Å². The maximum atomic E-state index is 12.5. The molecule has 1 aromatic carbocycles. The van der Waals surface area contributed by atoms with E-state index in [2.05, 4.69) is 10.6 Å². The minimum Gasteiger partial charge on any atom is -0.355 e. The summed E-state index contributed by atoms with van der Waals surface area (Å²) in [5.41, 5.74) is 1.03. The molecule has 0 aromatic heterocycles. The normalized spacial score (nSPS) is 23.0. The summed E-state index contributed by atoms with van der Waals surface area (Å²) in [5.74, 6) is 0.713. The highest BCUT2D eigenvalue weighted by atomic mass is 35.5. The summed E-state index contributed by atoms with van der Waals surface area (Å²) in [7, 11) is 0. The Morgan fingerprint density at radius 1 is 1.15 bits per heavy atom. The molecule has 26 heavy (non-hydrogen) atoms. The van der Waals surface area contributed by atoms with E-state index in [0.29, 0.717) is 18.9 Å². The van der Waals surface area contributed by atoms with Crippen LogP contribution in [-0.2, 0) is 16.0 Å². The van der Waals surface area contributed by atoms with E-state index >= 15 is 0 Å². The van der Waals surface area contributed by atoms with Gasteiger partial charge in [-0.15, -0.1) is 12.4 Å². The standard InChI is InChI=1S/C20H29N3O2.ClH/c24-19(12-16-6-2-1-3-7-16)23-11-5-9-18(15-23)20(25)22-14-17-8-4-10-21-13-17;/h1-3,6-7,17-18,21H,4-5,8-15H2,(H,22,25);1H. The molecule has 2 amide bonds. The smallest absolute Gasteiger partial charge is 0.227 e. The Morgan fingerprint density at radius 2 is 1.96 bits per heavy atom. The van der Waals surface area contributed by atoms with Crippen LogP contribution in [0, 0.1) is 11.8 Å². The molecule has 2 atom stereocenters. The number of hydrogen-bond acceptors (Lipinski definition) is 3. The first kappa shape index (κ1) is 20.7. The molecule has 3 rings (SSSR count). The van der Waals surface area contributed by atoms with Crippen LogP contribution in [0.5, 0.6) is 0 Å². The van der Waals surface area contributed by atoms with Crippen molar-refractivity contribution in [3.63, 3.8) is 0 Å². The molecule has 2 aliphatic heterocycles. The monoisotopic (exact) mass is 379 g/mol. The largest absolute Gasteiger partial charge is 0.355 e. The van der Waals surface area contributed by atoms with Crippen LogP contribution in [0.2, 0.25) is 0 Å². The number of likely N-dealkylation sites (tertiary alicyclic amines) is 1. The van der Waals surface area contributed by atoms with Gasteiger partial charge in [-0.05, 0) is 50.3 Å². The van der Waals surface area contributed by atoms with Gasteiger partial charge in [-0.25, -0.2) is 0 Å². The van der Waals surface area contributed by atoms with Gasteiger partial charge in [0.2, 0.25) is 11.8 Å². The molecule has 6 heteroatoms. The number of carbonyl (C=O) groups is 2. The molecule has 1 aromatic rings. The van der Waals surface area contributed by atoms with E-state index in [1.165, 1.54) is 12.8 Å². The van der Waals surface area contributed by atoms with Gasteiger partial charge >= 0.3 is 0 Å². The average molecular weight is 380 g/mol. The molecule has 2 aliphatic rings. The minimum absolute atomic E-state index is 0. The van der Waals surface area contributed by atoms with E-state index in [-0.39, 0.29) is 30.1 Å². The van der Waals surface area contributed by atoms with Crippen molar-refractivity contribution in [2.45, 2.75) is 32.1 Å². The third kappa shape index (κ3) is 5.99. The Balaban J connectivity index is 0.00000243. The van der Waals surface area contributed by atoms with Crippen LogP contribution >= 0.6 is 12.4 Å². The van der Waals surface area contributed by atoms with Gasteiger partial charge in [0.25, 0.3) is 0 Å². The van der Waals surface area contributed by atoms with Crippen LogP contribution in [0.1, 0.15) is 31.2 Å². The number of hydrogen-bond donors (Lipinski definition) is 2. The molecular formula is C20H30ClN3O2. The van der Waals surface area contributed by atoms with Crippen molar-refractivity contribution in [1.82, 2.24) is 15.5 Å². The fraction of sp³-hybridized carbons (Fsp3) is 0.600. The van der Waals surface area contributed by atoms with Crippen LogP contribution in [0.15, 0.2) is 30.3 Å². The number of piperidine rings is 2. The zero-order chi connectivity index (χ0) is 17.5. The molecule has 2 N–H and O–H groups in total. The second-order valence-electron chi connectivity index (χ2n) is 7.30. The number of rotatable bonds is 5. The van der Waals surface area contributed by atoms with Gasteiger partial charge in [0.15, 0.2) is 0 Å². The molecule has 2 heterocycles. The van der Waals surface area contributed by atoms with Gasteiger partial charge in [-0.1, -0.05) is 30.3 Å². The predicted molar refractivity (Wildman–Crippen MR) is 105 cm³/mol. The number of amides is 2. The number of nitrogens with zero attached hydrogens (tertiary/aromatic N) is 1. The fourth-order valence-corrected chi connectivity index (χ4v) is 3.79. The van der Waals surface area contributed by atoms with Crippen molar-refractivity contribution in [1.29, 1.82) is 0 Å². The molecule has 2 saturated heterocycles. The highest BCUT2D eigenvalue weighted by molar-refractivity contribution is 5.85. The topological polar surface area (TPSA) is 61.4 Å². The molecular weight excluding hydrogens is 350 g/mol. The first-order valence-corrected chi connectivity index (χ1v) is 9.52. The maximum absolute atomic E-state index is 12.5. The summed E-state index contributed by atoms with van der Waals surface area (Å²) >= 11 is 0. The summed E-state index contributed by atoms with van der Waals surface area (Å²) in [5, 5.41) is 6.49. The summed E-state index contributed by atoms with van der Waals surface area (Å²) in [6.07, 6.45) is 4.57. The lowest BCUT2D eigenvalue weighted by molar-refractivity contribution is -0.135. The van der Waals surface area contributed by atoms with Gasteiger partial charge in [0, 0.05) is 19.6 Å². The molecule has 0 aliphatic carbocycles. The lowest BCUT2D eigenvalue weighted by atomic mass is 9.95. The molecule has 144 valence electrons. The molecule has 5 nitrogen and oxygen atoms in total. The van der Waals surface area contributed by atoms with Crippen LogP contribution in [0.4, 0.5) is 0 Å². The van der Waals surface area contributed by atoms with Crippen molar-refractivity contribution in [2.75, 3.05) is 32.7 Å². The van der Waals surface area contributed by atoms with Crippen molar-refractivity contribution in [3.8, 4) is 0 Å². The quantitative estimate of drug-likeness (QED) is 0.822. The van der Waals surface area contributed by atoms with E-state index in [1.54, 1.807) is 0 Å². The second kappa shape index (κ2) is 10.5. The number of benzene rings is 1. The lowest BCUT2D eigenvalue weighted by Crippen LogP contribution is -2.47. The lowest BCUT2D eigenvalue weighted by Gasteiger charge is -2.32. The average Bonchev–Trinajstić information content (AvgIpc) is 2.68. The van der Waals surface area contributed by atoms with E-state index in [1.807, 2.05) is 35.2 Å². The van der Waals surface area contributed by atoms with Crippen LogP contribution in [0.3, 0.4) is 0 Å². The summed E-state index contributed by atoms with van der Waals surface area (Å²) in [6.45, 7) is 4.15. The number of nitrogens with one attached hydrogen (secondary N) is 2. The Kier molecular flexibility index (Phi) is 8.39. The summed E-state index contributed by atoms with van der Waals surface area (Å²) in [6, 6.07) is 9.82. The molecule has 2 fully saturated rings. The van der Waals surface area contributed by atoms with Crippen LogP contribution in [0.25, 0.3) is 0 Å². The van der Waals surface area contributed by atoms with Crippen molar-refractivity contribution >= 4 is 24.2 Å². The number of carbonyl (C=O) groups excluding carboxylic acids is 2. The van der Waals surface area contributed by atoms with Gasteiger partial charge in [0.1, 0.15) is 0 Å².